The van der Waals surface area contributed by atoms with Crippen LogP contribution in [0.4, 0.5) is 0 Å². The number of rotatable bonds is 7. The van der Waals surface area contributed by atoms with Crippen LogP contribution in [0.3, 0.4) is 0 Å². The summed E-state index contributed by atoms with van der Waals surface area (Å²) >= 11 is 0. The van der Waals surface area contributed by atoms with E-state index in [1.165, 1.54) is 0 Å². The van der Waals surface area contributed by atoms with Crippen LogP contribution in [0.5, 0.6) is 5.75 Å². The van der Waals surface area contributed by atoms with Crippen LogP contribution in [-0.2, 0) is 18.8 Å². The van der Waals surface area contributed by atoms with Gasteiger partial charge in [0.25, 0.3) is 0 Å². The lowest BCUT2D eigenvalue weighted by Gasteiger charge is -2.32. The molecule has 6 heteroatoms. The summed E-state index contributed by atoms with van der Waals surface area (Å²) in [5, 5.41) is 2.19. The molecule has 0 spiro atoms. The van der Waals surface area contributed by atoms with Gasteiger partial charge in [-0.25, -0.2) is 0 Å². The summed E-state index contributed by atoms with van der Waals surface area (Å²) in [6.45, 7) is 10.9. The minimum absolute atomic E-state index is 0.181. The first kappa shape index (κ1) is 20.7. The summed E-state index contributed by atoms with van der Waals surface area (Å²) in [4.78, 5) is 11.4. The molecule has 0 saturated carbocycles. The summed E-state index contributed by atoms with van der Waals surface area (Å²) in [5.41, 5.74) is 0.302. The van der Waals surface area contributed by atoms with Crippen molar-refractivity contribution in [3.05, 3.63) is 36.4 Å². The highest BCUT2D eigenvalue weighted by Crippen LogP contribution is 2.36. The van der Waals surface area contributed by atoms with Crippen LogP contribution >= 0.6 is 0 Å². The Balaban J connectivity index is 1.64. The van der Waals surface area contributed by atoms with E-state index < -0.39 is 0 Å². The topological polar surface area (TPSA) is 54.0 Å². The van der Waals surface area contributed by atoms with Gasteiger partial charge in [0.1, 0.15) is 5.75 Å². The molecule has 0 aromatic heterocycles. The Bertz CT molecular complexity index is 830. The van der Waals surface area contributed by atoms with Crippen molar-refractivity contribution in [3.8, 4) is 5.75 Å². The predicted molar refractivity (Wildman–Crippen MR) is 111 cm³/mol. The Morgan fingerprint density at radius 3 is 2.32 bits per heavy atom. The van der Waals surface area contributed by atoms with Crippen molar-refractivity contribution in [1.29, 1.82) is 0 Å². The summed E-state index contributed by atoms with van der Waals surface area (Å²) in [6, 6.07) is 12.2. The molecule has 1 heterocycles. The van der Waals surface area contributed by atoms with Gasteiger partial charge >= 0.3 is 13.1 Å². The Hall–Kier alpha value is -2.05. The molecule has 0 amide bonds. The largest absolute Gasteiger partial charge is 0.494 e. The average Bonchev–Trinajstić information content (AvgIpc) is 2.86. The maximum atomic E-state index is 11.4. The second-order valence-corrected chi connectivity index (χ2v) is 8.11. The van der Waals surface area contributed by atoms with Crippen LogP contribution in [0, 0.1) is 0 Å². The fourth-order valence-corrected chi connectivity index (χ4v) is 3.10. The van der Waals surface area contributed by atoms with Crippen molar-refractivity contribution in [2.24, 2.45) is 0 Å². The van der Waals surface area contributed by atoms with E-state index in [1.807, 2.05) is 31.2 Å². The van der Waals surface area contributed by atoms with E-state index in [1.54, 1.807) is 0 Å². The first-order valence-electron chi connectivity index (χ1n) is 9.89. The maximum absolute atomic E-state index is 11.4. The van der Waals surface area contributed by atoms with E-state index in [0.717, 1.165) is 22.0 Å². The lowest BCUT2D eigenvalue weighted by molar-refractivity contribution is -0.143. The van der Waals surface area contributed by atoms with E-state index in [2.05, 4.69) is 39.8 Å². The minimum atomic E-state index is -0.367. The van der Waals surface area contributed by atoms with Gasteiger partial charge in [0.05, 0.1) is 24.4 Å². The van der Waals surface area contributed by atoms with Gasteiger partial charge in [-0.1, -0.05) is 24.3 Å². The number of carbonyl (C=O) groups excluding carboxylic acids is 1. The zero-order chi connectivity index (χ0) is 20.4. The third-order valence-electron chi connectivity index (χ3n) is 5.46. The molecule has 0 N–H and O–H groups in total. The molecular weight excluding hydrogens is 355 g/mol. The molecule has 0 aliphatic carbocycles. The van der Waals surface area contributed by atoms with Crippen molar-refractivity contribution in [2.45, 2.75) is 58.7 Å². The Morgan fingerprint density at radius 1 is 1.00 bits per heavy atom. The van der Waals surface area contributed by atoms with E-state index in [4.69, 9.17) is 18.8 Å². The molecule has 0 atom stereocenters. The maximum Gasteiger partial charge on any atom is 0.494 e. The SMILES string of the molecule is CCOC(=O)CCCOc1ccc2cc(B3OC(C)(C)C(C)(C)O3)ccc2c1. The second kappa shape index (κ2) is 8.14. The van der Waals surface area contributed by atoms with Crippen LogP contribution in [-0.4, -0.2) is 37.5 Å². The lowest BCUT2D eigenvalue weighted by atomic mass is 9.78. The van der Waals surface area contributed by atoms with Crippen molar-refractivity contribution in [2.75, 3.05) is 13.2 Å². The van der Waals surface area contributed by atoms with E-state index in [-0.39, 0.29) is 24.3 Å². The van der Waals surface area contributed by atoms with Crippen molar-refractivity contribution in [1.82, 2.24) is 0 Å². The summed E-state index contributed by atoms with van der Waals surface area (Å²) < 4.78 is 23.0. The fourth-order valence-electron chi connectivity index (χ4n) is 3.10. The third-order valence-corrected chi connectivity index (χ3v) is 5.46. The molecule has 28 heavy (non-hydrogen) atoms. The highest BCUT2D eigenvalue weighted by Gasteiger charge is 2.51. The van der Waals surface area contributed by atoms with Gasteiger partial charge < -0.3 is 18.8 Å². The van der Waals surface area contributed by atoms with Crippen LogP contribution in [0.25, 0.3) is 10.8 Å². The molecule has 0 unspecified atom stereocenters. The zero-order valence-corrected chi connectivity index (χ0v) is 17.4. The molecule has 150 valence electrons. The molecule has 1 fully saturated rings. The summed E-state index contributed by atoms with van der Waals surface area (Å²) in [7, 11) is -0.367. The predicted octanol–water partition coefficient (Wildman–Crippen LogP) is 3.86. The van der Waals surface area contributed by atoms with Gasteiger partial charge in [-0.3, -0.25) is 4.79 Å². The normalized spacial score (nSPS) is 17.7. The standard InChI is InChI=1S/C22H29BO5/c1-6-25-20(24)8-7-13-26-19-12-10-16-14-18(11-9-17(16)15-19)23-27-21(2,3)22(4,5)28-23/h9-12,14-15H,6-8,13H2,1-5H3. The Morgan fingerprint density at radius 2 is 1.64 bits per heavy atom. The Labute approximate surface area is 167 Å². The first-order valence-corrected chi connectivity index (χ1v) is 9.89. The van der Waals surface area contributed by atoms with Gasteiger partial charge in [-0.15, -0.1) is 0 Å². The van der Waals surface area contributed by atoms with Crippen molar-refractivity contribution >= 4 is 29.3 Å². The monoisotopic (exact) mass is 384 g/mol. The molecule has 2 aromatic rings. The number of esters is 1. The van der Waals surface area contributed by atoms with Crippen molar-refractivity contribution < 1.29 is 23.6 Å². The quantitative estimate of drug-likeness (QED) is 0.412. The molecule has 3 rings (SSSR count). The zero-order valence-electron chi connectivity index (χ0n) is 17.4. The van der Waals surface area contributed by atoms with E-state index >= 15 is 0 Å². The number of benzene rings is 2. The van der Waals surface area contributed by atoms with Crippen LogP contribution < -0.4 is 10.2 Å². The number of fused-ring (bicyclic) bond motifs is 1. The number of ether oxygens (including phenoxy) is 2. The van der Waals surface area contributed by atoms with Gasteiger partial charge in [-0.05, 0) is 69.4 Å². The van der Waals surface area contributed by atoms with Gasteiger partial charge in [0, 0.05) is 6.42 Å². The van der Waals surface area contributed by atoms with Gasteiger partial charge in [-0.2, -0.15) is 0 Å². The molecule has 5 nitrogen and oxygen atoms in total. The molecule has 2 aromatic carbocycles. The van der Waals surface area contributed by atoms with E-state index in [0.29, 0.717) is 26.1 Å². The Kier molecular flexibility index (Phi) is 6.01. The highest BCUT2D eigenvalue weighted by molar-refractivity contribution is 6.62. The lowest BCUT2D eigenvalue weighted by Crippen LogP contribution is -2.41. The summed E-state index contributed by atoms with van der Waals surface area (Å²) in [5.74, 6) is 0.611. The third kappa shape index (κ3) is 4.50. The molecular formula is C22H29BO5. The minimum Gasteiger partial charge on any atom is -0.494 e. The molecule has 1 aliphatic rings. The fraction of sp³-hybridized carbons (Fsp3) is 0.500. The highest BCUT2D eigenvalue weighted by atomic mass is 16.7. The number of hydrogen-bond acceptors (Lipinski definition) is 5. The smallest absolute Gasteiger partial charge is 0.494 e. The summed E-state index contributed by atoms with van der Waals surface area (Å²) in [6.07, 6.45) is 1.01. The first-order chi connectivity index (χ1) is 13.2. The second-order valence-electron chi connectivity index (χ2n) is 8.11. The van der Waals surface area contributed by atoms with Gasteiger partial charge in [0.2, 0.25) is 0 Å². The molecule has 0 radical (unpaired) electrons. The van der Waals surface area contributed by atoms with Crippen molar-refractivity contribution in [3.63, 3.8) is 0 Å². The van der Waals surface area contributed by atoms with Crippen LogP contribution in [0.2, 0.25) is 0 Å². The molecule has 0 bridgehead atoms. The average molecular weight is 384 g/mol. The number of hydrogen-bond donors (Lipinski definition) is 0. The van der Waals surface area contributed by atoms with Crippen LogP contribution in [0.15, 0.2) is 36.4 Å². The van der Waals surface area contributed by atoms with E-state index in [9.17, 15) is 4.79 Å². The molecule has 1 saturated heterocycles. The van der Waals surface area contributed by atoms with Gasteiger partial charge in [0.15, 0.2) is 0 Å². The molecule has 1 aliphatic heterocycles. The van der Waals surface area contributed by atoms with Crippen LogP contribution in [0.1, 0.15) is 47.5 Å². The number of carbonyl (C=O) groups is 1.